The van der Waals surface area contributed by atoms with Crippen LogP contribution in [0.3, 0.4) is 0 Å². The minimum atomic E-state index is 0.0811. The van der Waals surface area contributed by atoms with Crippen molar-refractivity contribution in [3.8, 4) is 40.1 Å². The highest BCUT2D eigenvalue weighted by atomic mass is 16.4. The molecular weight excluding hydrogens is 588 g/mol. The molecule has 1 saturated heterocycles. The summed E-state index contributed by atoms with van der Waals surface area (Å²) in [6.07, 6.45) is 1.21. The summed E-state index contributed by atoms with van der Waals surface area (Å²) >= 11 is 0. The summed E-state index contributed by atoms with van der Waals surface area (Å²) in [7, 11) is 1.94. The molecule has 5 aromatic rings. The van der Waals surface area contributed by atoms with E-state index in [1.165, 1.54) is 6.42 Å². The topological polar surface area (TPSA) is 103 Å². The van der Waals surface area contributed by atoms with Gasteiger partial charge in [0.1, 0.15) is 23.0 Å². The number of oxazole rings is 2. The van der Waals surface area contributed by atoms with Crippen LogP contribution in [0.1, 0.15) is 54.0 Å². The van der Waals surface area contributed by atoms with Gasteiger partial charge in [-0.1, -0.05) is 38.1 Å². The van der Waals surface area contributed by atoms with Crippen LogP contribution in [0.2, 0.25) is 0 Å². The highest BCUT2D eigenvalue weighted by molar-refractivity contribution is 5.85. The predicted octanol–water partition coefficient (Wildman–Crippen LogP) is 6.94. The third kappa shape index (κ3) is 5.84. The number of likely N-dealkylation sites (tertiary alicyclic amines) is 1. The van der Waals surface area contributed by atoms with Crippen LogP contribution in [0.25, 0.3) is 45.1 Å². The van der Waals surface area contributed by atoms with Crippen molar-refractivity contribution in [2.75, 3.05) is 33.2 Å². The highest BCUT2D eigenvalue weighted by Gasteiger charge is 2.30. The van der Waals surface area contributed by atoms with Gasteiger partial charge in [0, 0.05) is 24.2 Å². The van der Waals surface area contributed by atoms with Crippen molar-refractivity contribution in [2.24, 2.45) is 5.92 Å². The zero-order valence-corrected chi connectivity index (χ0v) is 27.8. The number of aromatic nitrogens is 2. The zero-order valence-electron chi connectivity index (χ0n) is 27.8. The fourth-order valence-electron chi connectivity index (χ4n) is 6.90. The number of amides is 1. The molecule has 1 fully saturated rings. The van der Waals surface area contributed by atoms with Crippen LogP contribution in [0, 0.1) is 31.1 Å². The van der Waals surface area contributed by atoms with E-state index in [2.05, 4.69) is 49.9 Å². The van der Waals surface area contributed by atoms with Gasteiger partial charge < -0.3 is 13.7 Å². The Labute approximate surface area is 275 Å². The van der Waals surface area contributed by atoms with E-state index in [4.69, 9.17) is 18.8 Å². The fourth-order valence-corrected chi connectivity index (χ4v) is 6.90. The number of carbonyl (C=O) groups excluding carboxylic acids is 1. The third-order valence-corrected chi connectivity index (χ3v) is 9.75. The van der Waals surface area contributed by atoms with Crippen molar-refractivity contribution >= 4 is 17.0 Å². The summed E-state index contributed by atoms with van der Waals surface area (Å²) in [6.45, 7) is 13.6. The maximum atomic E-state index is 12.7. The van der Waals surface area contributed by atoms with Gasteiger partial charge >= 0.3 is 0 Å². The zero-order chi connectivity index (χ0) is 32.8. The molecule has 0 saturated carbocycles. The van der Waals surface area contributed by atoms with Gasteiger partial charge in [-0.15, -0.1) is 0 Å². The fraction of sp³-hybridized carbons (Fsp3) is 0.368. The molecule has 0 radical (unpaired) electrons. The lowest BCUT2D eigenvalue weighted by Crippen LogP contribution is -2.35. The summed E-state index contributed by atoms with van der Waals surface area (Å²) in [5.41, 5.74) is 9.67. The van der Waals surface area contributed by atoms with Crippen LogP contribution in [0.5, 0.6) is 0 Å². The summed E-state index contributed by atoms with van der Waals surface area (Å²) in [5, 5.41) is 9.97. The molecule has 4 heterocycles. The Bertz CT molecular complexity index is 2010. The van der Waals surface area contributed by atoms with E-state index in [1.807, 2.05) is 49.2 Å². The first-order valence-corrected chi connectivity index (χ1v) is 16.4. The van der Waals surface area contributed by atoms with Gasteiger partial charge in [-0.3, -0.25) is 14.6 Å². The SMILES string of the molecule is CCN(C)CC(=O)N1Cc2nc(-c3cccc(-c4cccc(-c5nc6cc(CN7CCC(C)C7)cc(C#N)c6o5)c4C)c3C)oc2C1. The molecule has 1 atom stereocenters. The van der Waals surface area contributed by atoms with Crippen LogP contribution in [-0.2, 0) is 24.4 Å². The van der Waals surface area contributed by atoms with E-state index < -0.39 is 0 Å². The molecule has 0 aliphatic carbocycles. The van der Waals surface area contributed by atoms with Crippen molar-refractivity contribution in [2.45, 2.75) is 53.8 Å². The van der Waals surface area contributed by atoms with Crippen LogP contribution >= 0.6 is 0 Å². The molecule has 2 aliphatic rings. The third-order valence-electron chi connectivity index (χ3n) is 9.75. The molecule has 9 heteroatoms. The first kappa shape index (κ1) is 30.9. The van der Waals surface area contributed by atoms with Gasteiger partial charge in [0.05, 0.1) is 25.2 Å². The average Bonchev–Trinajstić information content (AvgIpc) is 3.85. The second kappa shape index (κ2) is 12.4. The molecule has 2 aliphatic heterocycles. The van der Waals surface area contributed by atoms with E-state index in [1.54, 1.807) is 4.90 Å². The van der Waals surface area contributed by atoms with E-state index in [0.29, 0.717) is 54.0 Å². The molecule has 1 unspecified atom stereocenters. The number of likely N-dealkylation sites (N-methyl/N-ethyl adjacent to an activating group) is 1. The van der Waals surface area contributed by atoms with Crippen molar-refractivity contribution in [1.82, 2.24) is 24.7 Å². The molecule has 240 valence electrons. The number of fused-ring (bicyclic) bond motifs is 2. The minimum absolute atomic E-state index is 0.0811. The maximum Gasteiger partial charge on any atom is 0.237 e. The first-order valence-electron chi connectivity index (χ1n) is 16.4. The summed E-state index contributed by atoms with van der Waals surface area (Å²) in [6, 6.07) is 18.6. The van der Waals surface area contributed by atoms with Crippen molar-refractivity contribution < 1.29 is 13.6 Å². The lowest BCUT2D eigenvalue weighted by atomic mass is 9.91. The molecule has 9 nitrogen and oxygen atoms in total. The maximum absolute atomic E-state index is 12.7. The highest BCUT2D eigenvalue weighted by Crippen LogP contribution is 2.39. The van der Waals surface area contributed by atoms with Crippen molar-refractivity contribution in [3.63, 3.8) is 0 Å². The largest absolute Gasteiger partial charge is 0.439 e. The van der Waals surface area contributed by atoms with E-state index in [9.17, 15) is 10.1 Å². The molecule has 0 spiro atoms. The predicted molar refractivity (Wildman–Crippen MR) is 181 cm³/mol. The molecule has 2 aromatic heterocycles. The number of benzene rings is 3. The van der Waals surface area contributed by atoms with Gasteiger partial charge in [0.25, 0.3) is 0 Å². The van der Waals surface area contributed by atoms with Crippen LogP contribution in [0.4, 0.5) is 0 Å². The Kier molecular flexibility index (Phi) is 8.16. The lowest BCUT2D eigenvalue weighted by Gasteiger charge is -2.19. The summed E-state index contributed by atoms with van der Waals surface area (Å²) in [4.78, 5) is 28.7. The normalized spacial score (nSPS) is 16.4. The smallest absolute Gasteiger partial charge is 0.237 e. The standard InChI is InChI=1S/C38H40N6O3/c1-6-42(5)22-35(45)44-20-33-34(21-44)46-37(41-33)30-11-7-9-28(24(30)3)29-10-8-12-31(25(29)4)38-40-32-16-26(15-27(17-39)36(32)47-38)19-43-14-13-23(2)18-43/h7-12,15-16,23H,6,13-14,18-22H2,1-5H3. The Hall–Kier alpha value is -4.78. The second-order valence-corrected chi connectivity index (χ2v) is 13.2. The number of nitrogens with zero attached hydrogens (tertiary/aromatic N) is 6. The van der Waals surface area contributed by atoms with E-state index in [0.717, 1.165) is 76.6 Å². The number of hydrogen-bond acceptors (Lipinski definition) is 8. The molecular formula is C38H40N6O3. The summed E-state index contributed by atoms with van der Waals surface area (Å²) in [5.74, 6) is 2.61. The van der Waals surface area contributed by atoms with Gasteiger partial charge in [-0.2, -0.15) is 5.26 Å². The Morgan fingerprint density at radius 3 is 2.30 bits per heavy atom. The van der Waals surface area contributed by atoms with Crippen molar-refractivity contribution in [3.05, 3.63) is 82.2 Å². The average molecular weight is 629 g/mol. The molecule has 3 aromatic carbocycles. The lowest BCUT2D eigenvalue weighted by molar-refractivity contribution is -0.132. The summed E-state index contributed by atoms with van der Waals surface area (Å²) < 4.78 is 12.6. The van der Waals surface area contributed by atoms with Crippen LogP contribution < -0.4 is 0 Å². The first-order chi connectivity index (χ1) is 22.7. The molecule has 47 heavy (non-hydrogen) atoms. The Morgan fingerprint density at radius 1 is 1.00 bits per heavy atom. The van der Waals surface area contributed by atoms with Crippen LogP contribution in [-0.4, -0.2) is 63.8 Å². The Morgan fingerprint density at radius 2 is 1.68 bits per heavy atom. The van der Waals surface area contributed by atoms with E-state index >= 15 is 0 Å². The minimum Gasteiger partial charge on any atom is -0.439 e. The van der Waals surface area contributed by atoms with Crippen LogP contribution in [0.15, 0.2) is 57.4 Å². The van der Waals surface area contributed by atoms with E-state index in [-0.39, 0.29) is 5.91 Å². The number of carbonyl (C=O) groups is 1. The van der Waals surface area contributed by atoms with Crippen molar-refractivity contribution in [1.29, 1.82) is 5.26 Å². The van der Waals surface area contributed by atoms with Gasteiger partial charge in [-0.25, -0.2) is 9.97 Å². The quantitative estimate of drug-likeness (QED) is 0.182. The molecule has 0 N–H and O–H groups in total. The molecule has 0 bridgehead atoms. The Balaban J connectivity index is 1.17. The molecule has 1 amide bonds. The second-order valence-electron chi connectivity index (χ2n) is 13.2. The monoisotopic (exact) mass is 628 g/mol. The van der Waals surface area contributed by atoms with Gasteiger partial charge in [0.2, 0.25) is 17.7 Å². The van der Waals surface area contributed by atoms with Gasteiger partial charge in [-0.05, 0) is 98.4 Å². The van der Waals surface area contributed by atoms with Gasteiger partial charge in [0.15, 0.2) is 5.58 Å². The molecule has 7 rings (SSSR count). The number of rotatable bonds is 8. The number of nitriles is 1. The number of hydrogen-bond donors (Lipinski definition) is 0.